The summed E-state index contributed by atoms with van der Waals surface area (Å²) in [5, 5.41) is 15.7. The summed E-state index contributed by atoms with van der Waals surface area (Å²) in [6.07, 6.45) is -0.117. The van der Waals surface area contributed by atoms with Crippen LogP contribution in [-0.4, -0.2) is 70.0 Å². The number of rotatable bonds is 5. The largest absolute Gasteiger partial charge is 0.394 e. The summed E-state index contributed by atoms with van der Waals surface area (Å²) >= 11 is 9.89. The van der Waals surface area contributed by atoms with Gasteiger partial charge in [-0.3, -0.25) is 14.4 Å². The molecule has 0 aromatic heterocycles. The minimum absolute atomic E-state index is 0.180. The smallest absolute Gasteiger partial charge is 0.250 e. The van der Waals surface area contributed by atoms with Crippen LogP contribution in [0.4, 0.5) is 5.69 Å². The minimum Gasteiger partial charge on any atom is -0.394 e. The molecule has 3 aliphatic rings. The van der Waals surface area contributed by atoms with Gasteiger partial charge in [-0.05, 0) is 31.9 Å². The number of nitrogens with one attached hydrogen (secondary N) is 2. The molecular formula is C21H25BrClN3O5. The first-order chi connectivity index (χ1) is 14.7. The minimum atomic E-state index is -1.17. The number of hydrogen-bond acceptors (Lipinski definition) is 5. The highest BCUT2D eigenvalue weighted by Gasteiger charge is 2.76. The van der Waals surface area contributed by atoms with Gasteiger partial charge in [-0.15, -0.1) is 0 Å². The summed E-state index contributed by atoms with van der Waals surface area (Å²) < 4.78 is 6.31. The molecule has 3 unspecified atom stereocenters. The first-order valence-corrected chi connectivity index (χ1v) is 11.5. The molecule has 1 aromatic rings. The third-order valence-electron chi connectivity index (χ3n) is 6.73. The second-order valence-electron chi connectivity index (χ2n) is 8.48. The van der Waals surface area contributed by atoms with Gasteiger partial charge < -0.3 is 25.4 Å². The van der Waals surface area contributed by atoms with Gasteiger partial charge in [0, 0.05) is 11.9 Å². The van der Waals surface area contributed by atoms with Gasteiger partial charge in [0.2, 0.25) is 17.7 Å². The molecule has 1 aromatic carbocycles. The van der Waals surface area contributed by atoms with E-state index in [-0.39, 0.29) is 23.2 Å². The van der Waals surface area contributed by atoms with Gasteiger partial charge in [0.1, 0.15) is 11.6 Å². The Morgan fingerprint density at radius 3 is 2.74 bits per heavy atom. The molecule has 3 fully saturated rings. The second kappa shape index (κ2) is 8.03. The van der Waals surface area contributed by atoms with Crippen molar-refractivity contribution < 1.29 is 24.2 Å². The number of ether oxygens (including phenoxy) is 1. The Hall–Kier alpha value is -1.68. The van der Waals surface area contributed by atoms with Crippen molar-refractivity contribution in [2.75, 3.05) is 19.0 Å². The van der Waals surface area contributed by atoms with Crippen LogP contribution in [0.2, 0.25) is 5.02 Å². The lowest BCUT2D eigenvalue weighted by Gasteiger charge is -2.35. The van der Waals surface area contributed by atoms with E-state index in [1.165, 1.54) is 11.9 Å². The molecule has 7 atom stereocenters. The van der Waals surface area contributed by atoms with Crippen molar-refractivity contribution in [3.05, 3.63) is 28.8 Å². The zero-order valence-corrected chi connectivity index (χ0v) is 19.7. The van der Waals surface area contributed by atoms with Crippen molar-refractivity contribution in [1.29, 1.82) is 0 Å². The molecule has 10 heteroatoms. The number of nitrogens with zero attached hydrogens (tertiary/aromatic N) is 1. The Morgan fingerprint density at radius 1 is 1.42 bits per heavy atom. The summed E-state index contributed by atoms with van der Waals surface area (Å²) in [7, 11) is 1.52. The van der Waals surface area contributed by atoms with Gasteiger partial charge in [-0.2, -0.15) is 0 Å². The van der Waals surface area contributed by atoms with Crippen LogP contribution in [0.3, 0.4) is 0 Å². The zero-order chi connectivity index (χ0) is 22.7. The Labute approximate surface area is 193 Å². The predicted octanol–water partition coefficient (Wildman–Crippen LogP) is 1.46. The van der Waals surface area contributed by atoms with Crippen LogP contribution in [0.5, 0.6) is 0 Å². The number of alkyl halides is 1. The molecule has 2 bridgehead atoms. The van der Waals surface area contributed by atoms with Crippen molar-refractivity contribution in [2.24, 2.45) is 11.8 Å². The molecular weight excluding hydrogens is 490 g/mol. The second-order valence-corrected chi connectivity index (χ2v) is 10.1. The topological polar surface area (TPSA) is 108 Å². The van der Waals surface area contributed by atoms with Crippen molar-refractivity contribution in [2.45, 2.75) is 48.9 Å². The Morgan fingerprint density at radius 2 is 2.13 bits per heavy atom. The lowest BCUT2D eigenvalue weighted by atomic mass is 9.70. The molecule has 3 N–H and O–H groups in total. The highest BCUT2D eigenvalue weighted by atomic mass is 79.9. The maximum atomic E-state index is 13.6. The lowest BCUT2D eigenvalue weighted by molar-refractivity contribution is -0.143. The van der Waals surface area contributed by atoms with Crippen molar-refractivity contribution in [1.82, 2.24) is 10.2 Å². The van der Waals surface area contributed by atoms with Gasteiger partial charge in [0.25, 0.3) is 0 Å². The van der Waals surface area contributed by atoms with E-state index < -0.39 is 41.5 Å². The summed E-state index contributed by atoms with van der Waals surface area (Å²) in [5.74, 6) is -2.63. The zero-order valence-electron chi connectivity index (χ0n) is 17.4. The highest BCUT2D eigenvalue weighted by Crippen LogP contribution is 2.60. The molecule has 3 amide bonds. The SMILES string of the molecule is CNC(=O)[C@H]1[C@H]2C(=O)N([C@H](C)CO)C(C(=O)Nc3c(C)cccc3Cl)C23CC(Br)[C@@H]1O3. The molecule has 4 rings (SSSR count). The van der Waals surface area contributed by atoms with E-state index in [4.69, 9.17) is 16.3 Å². The van der Waals surface area contributed by atoms with Crippen LogP contribution >= 0.6 is 27.5 Å². The number of likely N-dealkylation sites (tertiary alicyclic amines) is 1. The third-order valence-corrected chi connectivity index (χ3v) is 7.89. The summed E-state index contributed by atoms with van der Waals surface area (Å²) in [6, 6.07) is 3.64. The Kier molecular flexibility index (Phi) is 5.83. The molecule has 3 saturated heterocycles. The van der Waals surface area contributed by atoms with E-state index in [1.807, 2.05) is 13.0 Å². The number of carbonyl (C=O) groups is 3. The van der Waals surface area contributed by atoms with E-state index in [9.17, 15) is 19.5 Å². The number of aryl methyl sites for hydroxylation is 1. The number of aliphatic hydroxyl groups excluding tert-OH is 1. The van der Waals surface area contributed by atoms with E-state index >= 15 is 0 Å². The summed E-state index contributed by atoms with van der Waals surface area (Å²) in [4.78, 5) is 41.1. The molecule has 0 aliphatic carbocycles. The maximum absolute atomic E-state index is 13.6. The molecule has 168 valence electrons. The molecule has 0 radical (unpaired) electrons. The molecule has 8 nitrogen and oxygen atoms in total. The van der Waals surface area contributed by atoms with E-state index in [1.54, 1.807) is 19.1 Å². The normalized spacial score (nSPS) is 34.6. The number of fused-ring (bicyclic) bond motifs is 1. The van der Waals surface area contributed by atoms with Gasteiger partial charge in [-0.1, -0.05) is 39.7 Å². The number of anilines is 1. The first kappa shape index (κ1) is 22.5. The fourth-order valence-electron chi connectivity index (χ4n) is 5.38. The Bertz CT molecular complexity index is 925. The average Bonchev–Trinajstić information content (AvgIpc) is 3.33. The third kappa shape index (κ3) is 3.20. The molecule has 31 heavy (non-hydrogen) atoms. The lowest BCUT2D eigenvalue weighted by Crippen LogP contribution is -2.56. The first-order valence-electron chi connectivity index (χ1n) is 10.2. The number of benzene rings is 1. The van der Waals surface area contributed by atoms with Gasteiger partial charge in [0.05, 0.1) is 41.3 Å². The molecule has 3 aliphatic heterocycles. The van der Waals surface area contributed by atoms with Crippen LogP contribution < -0.4 is 10.6 Å². The van der Waals surface area contributed by atoms with Crippen LogP contribution in [-0.2, 0) is 19.1 Å². The van der Waals surface area contributed by atoms with Gasteiger partial charge in [-0.25, -0.2) is 0 Å². The fourth-order valence-corrected chi connectivity index (χ4v) is 6.59. The van der Waals surface area contributed by atoms with Crippen molar-refractivity contribution >= 4 is 50.9 Å². The van der Waals surface area contributed by atoms with Gasteiger partial charge >= 0.3 is 0 Å². The number of amides is 3. The number of para-hydroxylation sites is 1. The standard InChI is InChI=1S/C21H25BrClN3O5/c1-9-5-4-6-12(23)15(9)25-19(29)17-21-7-11(22)16(31-21)13(18(28)24-3)14(21)20(30)26(17)10(2)8-27/h4-6,10-11,13-14,16-17,27H,7-8H2,1-3H3,(H,24,28)(H,25,29)/t10-,11?,13+,14+,16+,17?,21?/m1/s1. The average molecular weight is 515 g/mol. The predicted molar refractivity (Wildman–Crippen MR) is 118 cm³/mol. The van der Waals surface area contributed by atoms with Crippen LogP contribution in [0.25, 0.3) is 0 Å². The Balaban J connectivity index is 1.78. The summed E-state index contributed by atoms with van der Waals surface area (Å²) in [5.41, 5.74) is 0.0681. The van der Waals surface area contributed by atoms with Crippen molar-refractivity contribution in [3.8, 4) is 0 Å². The maximum Gasteiger partial charge on any atom is 0.250 e. The van der Waals surface area contributed by atoms with E-state index in [2.05, 4.69) is 26.6 Å². The van der Waals surface area contributed by atoms with E-state index in [0.717, 1.165) is 5.56 Å². The molecule has 0 saturated carbocycles. The number of hydrogen-bond donors (Lipinski definition) is 3. The van der Waals surface area contributed by atoms with Gasteiger partial charge in [0.15, 0.2) is 0 Å². The summed E-state index contributed by atoms with van der Waals surface area (Å²) in [6.45, 7) is 3.17. The number of halogens is 2. The van der Waals surface area contributed by atoms with E-state index in [0.29, 0.717) is 17.1 Å². The van der Waals surface area contributed by atoms with Crippen molar-refractivity contribution in [3.63, 3.8) is 0 Å². The van der Waals surface area contributed by atoms with Crippen LogP contribution in [0, 0.1) is 18.8 Å². The highest BCUT2D eigenvalue weighted by molar-refractivity contribution is 9.09. The molecule has 3 heterocycles. The fraction of sp³-hybridized carbons (Fsp3) is 0.571. The monoisotopic (exact) mass is 513 g/mol. The quantitative estimate of drug-likeness (QED) is 0.516. The number of carbonyl (C=O) groups excluding carboxylic acids is 3. The van der Waals surface area contributed by atoms with Crippen LogP contribution in [0.15, 0.2) is 18.2 Å². The van der Waals surface area contributed by atoms with Crippen LogP contribution in [0.1, 0.15) is 18.9 Å². The number of aliphatic hydroxyl groups is 1. The molecule has 1 spiro atoms.